The highest BCUT2D eigenvalue weighted by molar-refractivity contribution is 6.30. The molecule has 0 aliphatic heterocycles. The summed E-state index contributed by atoms with van der Waals surface area (Å²) < 4.78 is 20.3. The van der Waals surface area contributed by atoms with E-state index in [1.54, 1.807) is 19.2 Å². The Kier molecular flexibility index (Phi) is 8.39. The Morgan fingerprint density at radius 3 is 2.31 bits per heavy atom. The van der Waals surface area contributed by atoms with Crippen LogP contribution < -0.4 is 26.0 Å². The number of likely N-dealkylation sites (N-methyl/N-ethyl adjacent to an activating group) is 2. The zero-order chi connectivity index (χ0) is 26.6. The first-order valence-electron chi connectivity index (χ1n) is 11.2. The number of benzene rings is 2. The highest BCUT2D eigenvalue weighted by Gasteiger charge is 2.27. The molecule has 0 saturated heterocycles. The lowest BCUT2D eigenvalue weighted by Crippen LogP contribution is -2.29. The van der Waals surface area contributed by atoms with Crippen LogP contribution in [0.3, 0.4) is 0 Å². The van der Waals surface area contributed by atoms with E-state index in [9.17, 15) is 9.50 Å². The van der Waals surface area contributed by atoms with Crippen molar-refractivity contribution in [2.75, 3.05) is 62.6 Å². The molecule has 36 heavy (non-hydrogen) atoms. The molecule has 0 atom stereocenters. The lowest BCUT2D eigenvalue weighted by Gasteiger charge is -2.24. The van der Waals surface area contributed by atoms with Gasteiger partial charge in [0.15, 0.2) is 0 Å². The molecule has 1 heterocycles. The molecule has 0 bridgehead atoms. The van der Waals surface area contributed by atoms with E-state index < -0.39 is 11.4 Å². The van der Waals surface area contributed by atoms with Crippen LogP contribution in [0.1, 0.15) is 19.4 Å². The zero-order valence-corrected chi connectivity index (χ0v) is 22.0. The van der Waals surface area contributed by atoms with Gasteiger partial charge in [-0.15, -0.1) is 0 Å². The maximum absolute atomic E-state index is 14.7. The molecular formula is C24H32ClFN8O2. The van der Waals surface area contributed by atoms with Gasteiger partial charge in [-0.2, -0.15) is 4.98 Å². The molecule has 0 aliphatic rings. The molecule has 2 aromatic carbocycles. The van der Waals surface area contributed by atoms with Crippen molar-refractivity contribution in [2.45, 2.75) is 19.4 Å². The second kappa shape index (κ2) is 11.1. The van der Waals surface area contributed by atoms with Crippen LogP contribution in [0.4, 0.5) is 39.0 Å². The number of aliphatic hydroxyl groups is 1. The molecule has 1 aromatic heterocycles. The number of hydrogen-bond donors (Lipinski definition) is 4. The van der Waals surface area contributed by atoms with Gasteiger partial charge < -0.3 is 36.0 Å². The molecular weight excluding hydrogens is 487 g/mol. The molecule has 10 nitrogen and oxygen atoms in total. The minimum absolute atomic E-state index is 0.00617. The molecule has 12 heteroatoms. The van der Waals surface area contributed by atoms with E-state index in [1.165, 1.54) is 26.2 Å². The van der Waals surface area contributed by atoms with Crippen LogP contribution in [-0.4, -0.2) is 66.3 Å². The fraction of sp³-hybridized carbons (Fsp3) is 0.375. The SMILES string of the molecule is COc1cc(N(C)CCN(C)C)c(N)cc1Nc1ncnc(Nc2ccc(Cl)c(F)c2C(C)(C)O)n1. The second-order valence-electron chi connectivity index (χ2n) is 9.06. The minimum Gasteiger partial charge on any atom is -0.494 e. The topological polar surface area (TPSA) is 125 Å². The van der Waals surface area contributed by atoms with Crippen molar-refractivity contribution < 1.29 is 14.2 Å². The Balaban J connectivity index is 1.87. The fourth-order valence-electron chi connectivity index (χ4n) is 3.56. The van der Waals surface area contributed by atoms with Gasteiger partial charge in [-0.3, -0.25) is 0 Å². The van der Waals surface area contributed by atoms with Crippen LogP contribution in [0, 0.1) is 5.82 Å². The number of nitrogens with one attached hydrogen (secondary N) is 2. The van der Waals surface area contributed by atoms with Crippen LogP contribution in [0.2, 0.25) is 5.02 Å². The number of aromatic nitrogens is 3. The first-order valence-corrected chi connectivity index (χ1v) is 11.6. The smallest absolute Gasteiger partial charge is 0.232 e. The number of nitrogens with two attached hydrogens (primary N) is 1. The van der Waals surface area contributed by atoms with Crippen LogP contribution >= 0.6 is 11.6 Å². The molecule has 0 saturated carbocycles. The lowest BCUT2D eigenvalue weighted by atomic mass is 9.95. The summed E-state index contributed by atoms with van der Waals surface area (Å²) in [5.74, 6) is 0.164. The number of methoxy groups -OCH3 is 1. The maximum atomic E-state index is 14.7. The molecule has 0 aliphatic carbocycles. The summed E-state index contributed by atoms with van der Waals surface area (Å²) in [5, 5.41) is 16.4. The molecule has 0 amide bonds. The van der Waals surface area contributed by atoms with Crippen LogP contribution in [0.5, 0.6) is 5.75 Å². The first kappa shape index (κ1) is 27.2. The maximum Gasteiger partial charge on any atom is 0.232 e. The average Bonchev–Trinajstić information content (AvgIpc) is 2.79. The van der Waals surface area contributed by atoms with Crippen molar-refractivity contribution in [3.05, 3.63) is 47.0 Å². The van der Waals surface area contributed by atoms with Crippen LogP contribution in [0.25, 0.3) is 0 Å². The van der Waals surface area contributed by atoms with E-state index in [0.29, 0.717) is 17.1 Å². The van der Waals surface area contributed by atoms with E-state index in [-0.39, 0.29) is 28.2 Å². The monoisotopic (exact) mass is 518 g/mol. The number of rotatable bonds is 10. The Bertz CT molecular complexity index is 1220. The highest BCUT2D eigenvalue weighted by Crippen LogP contribution is 2.37. The second-order valence-corrected chi connectivity index (χ2v) is 9.47. The van der Waals surface area contributed by atoms with Crippen molar-refractivity contribution in [1.82, 2.24) is 19.9 Å². The van der Waals surface area contributed by atoms with Crippen molar-refractivity contribution in [3.63, 3.8) is 0 Å². The van der Waals surface area contributed by atoms with Gasteiger partial charge in [0.2, 0.25) is 11.9 Å². The van der Waals surface area contributed by atoms with Crippen LogP contribution in [0.15, 0.2) is 30.6 Å². The molecule has 0 unspecified atom stereocenters. The number of nitrogens with zero attached hydrogens (tertiary/aromatic N) is 5. The number of hydrogen-bond acceptors (Lipinski definition) is 10. The van der Waals surface area contributed by atoms with Gasteiger partial charge in [0.05, 0.1) is 40.5 Å². The summed E-state index contributed by atoms with van der Waals surface area (Å²) in [5.41, 5.74) is 7.05. The Morgan fingerprint density at radius 2 is 1.72 bits per heavy atom. The van der Waals surface area contributed by atoms with Gasteiger partial charge in [-0.05, 0) is 46.1 Å². The van der Waals surface area contributed by atoms with Gasteiger partial charge in [-0.1, -0.05) is 11.6 Å². The van der Waals surface area contributed by atoms with E-state index in [4.69, 9.17) is 22.1 Å². The van der Waals surface area contributed by atoms with Crippen molar-refractivity contribution in [3.8, 4) is 5.75 Å². The van der Waals surface area contributed by atoms with E-state index >= 15 is 0 Å². The normalized spacial score (nSPS) is 11.5. The van der Waals surface area contributed by atoms with Gasteiger partial charge in [0.1, 0.15) is 17.9 Å². The first-order chi connectivity index (χ1) is 16.9. The molecule has 3 aromatic rings. The third-order valence-electron chi connectivity index (χ3n) is 5.41. The average molecular weight is 519 g/mol. The third-order valence-corrected chi connectivity index (χ3v) is 5.71. The number of nitrogen functional groups attached to an aromatic ring is 1. The summed E-state index contributed by atoms with van der Waals surface area (Å²) in [6.45, 7) is 4.58. The van der Waals surface area contributed by atoms with Gasteiger partial charge in [0, 0.05) is 31.8 Å². The van der Waals surface area contributed by atoms with E-state index in [2.05, 4.69) is 35.4 Å². The summed E-state index contributed by atoms with van der Waals surface area (Å²) in [7, 11) is 7.55. The largest absolute Gasteiger partial charge is 0.494 e. The minimum atomic E-state index is -1.50. The number of anilines is 6. The molecule has 5 N–H and O–H groups in total. The Hall–Kier alpha value is -3.41. The summed E-state index contributed by atoms with van der Waals surface area (Å²) in [6.07, 6.45) is 1.30. The van der Waals surface area contributed by atoms with E-state index in [0.717, 1.165) is 18.8 Å². The highest BCUT2D eigenvalue weighted by atomic mass is 35.5. The van der Waals surface area contributed by atoms with Crippen molar-refractivity contribution in [1.29, 1.82) is 0 Å². The molecule has 0 spiro atoms. The molecule has 194 valence electrons. The fourth-order valence-corrected chi connectivity index (χ4v) is 3.72. The Labute approximate surface area is 215 Å². The van der Waals surface area contributed by atoms with Crippen molar-refractivity contribution in [2.24, 2.45) is 0 Å². The predicted octanol–water partition coefficient (Wildman–Crippen LogP) is 3.97. The van der Waals surface area contributed by atoms with Crippen LogP contribution in [-0.2, 0) is 5.60 Å². The van der Waals surface area contributed by atoms with Gasteiger partial charge in [-0.25, -0.2) is 14.4 Å². The quantitative estimate of drug-likeness (QED) is 0.293. The third kappa shape index (κ3) is 6.42. The van der Waals surface area contributed by atoms with Gasteiger partial charge in [0.25, 0.3) is 0 Å². The summed E-state index contributed by atoms with van der Waals surface area (Å²) in [4.78, 5) is 16.8. The van der Waals surface area contributed by atoms with E-state index in [1.807, 2.05) is 27.2 Å². The predicted molar refractivity (Wildman–Crippen MR) is 142 cm³/mol. The van der Waals surface area contributed by atoms with Gasteiger partial charge >= 0.3 is 0 Å². The summed E-state index contributed by atoms with van der Waals surface area (Å²) in [6, 6.07) is 6.53. The zero-order valence-electron chi connectivity index (χ0n) is 21.2. The summed E-state index contributed by atoms with van der Waals surface area (Å²) >= 11 is 5.92. The standard InChI is InChI=1S/C24H32ClFN8O2/c1-24(2,35)20-16(8-7-14(25)21(20)26)30-22-28-13-29-23(32-22)31-17-11-15(27)18(12-19(17)36-6)34(5)10-9-33(3)4/h7-8,11-13,35H,9-10,27H2,1-6H3,(H2,28,29,30,31,32). The Morgan fingerprint density at radius 1 is 1.08 bits per heavy atom. The molecule has 0 fully saturated rings. The number of ether oxygens (including phenoxy) is 1. The molecule has 0 radical (unpaired) electrons. The number of halogens is 2. The molecule has 3 rings (SSSR count). The lowest BCUT2D eigenvalue weighted by molar-refractivity contribution is 0.0754. The van der Waals surface area contributed by atoms with Crippen molar-refractivity contribution >= 4 is 46.2 Å².